The zero-order valence-corrected chi connectivity index (χ0v) is 8.13. The van der Waals surface area contributed by atoms with Crippen LogP contribution in [0.1, 0.15) is 5.56 Å². The van der Waals surface area contributed by atoms with Crippen LogP contribution in [0.3, 0.4) is 0 Å². The van der Waals surface area contributed by atoms with Crippen LogP contribution >= 0.6 is 0 Å². The first-order chi connectivity index (χ1) is 6.22. The lowest BCUT2D eigenvalue weighted by atomic mass is 10.2. The summed E-state index contributed by atoms with van der Waals surface area (Å²) >= 11 is 0. The van der Waals surface area contributed by atoms with Crippen LogP contribution in [-0.2, 0) is 7.05 Å². The van der Waals surface area contributed by atoms with Crippen molar-refractivity contribution in [2.45, 2.75) is 6.92 Å². The summed E-state index contributed by atoms with van der Waals surface area (Å²) in [6.07, 6.45) is 1.84. The summed E-state index contributed by atoms with van der Waals surface area (Å²) < 4.78 is 2.03. The van der Waals surface area contributed by atoms with E-state index in [0.29, 0.717) is 0 Å². The predicted molar refractivity (Wildman–Crippen MR) is 55.0 cm³/mol. The predicted octanol–water partition coefficient (Wildman–Crippen LogP) is 1.92. The maximum Gasteiger partial charge on any atom is 0.112 e. The first-order valence-corrected chi connectivity index (χ1v) is 4.32. The Hall–Kier alpha value is -1.51. The second kappa shape index (κ2) is 2.76. The molecule has 0 atom stereocenters. The summed E-state index contributed by atoms with van der Waals surface area (Å²) in [6, 6.07) is 4.25. The number of hydrogen-bond acceptors (Lipinski definition) is 2. The van der Waals surface area contributed by atoms with Crippen molar-refractivity contribution in [3.63, 3.8) is 0 Å². The van der Waals surface area contributed by atoms with Crippen LogP contribution in [-0.4, -0.2) is 16.6 Å². The summed E-state index contributed by atoms with van der Waals surface area (Å²) in [5.74, 6) is 0. The van der Waals surface area contributed by atoms with Gasteiger partial charge < -0.3 is 9.88 Å². The first kappa shape index (κ1) is 8.10. The molecule has 0 aliphatic heterocycles. The van der Waals surface area contributed by atoms with Crippen molar-refractivity contribution in [2.24, 2.45) is 7.05 Å². The molecular weight excluding hydrogens is 162 g/mol. The molecule has 0 unspecified atom stereocenters. The van der Waals surface area contributed by atoms with E-state index in [0.717, 1.165) is 11.2 Å². The van der Waals surface area contributed by atoms with Crippen LogP contribution in [0.25, 0.3) is 11.0 Å². The highest BCUT2D eigenvalue weighted by atomic mass is 15.0. The molecular formula is C10H13N3. The third-order valence-corrected chi connectivity index (χ3v) is 2.24. The summed E-state index contributed by atoms with van der Waals surface area (Å²) in [5, 5.41) is 3.15. The highest BCUT2D eigenvalue weighted by molar-refractivity contribution is 5.89. The minimum Gasteiger partial charge on any atom is -0.386 e. The van der Waals surface area contributed by atoms with Gasteiger partial charge in [-0.3, -0.25) is 0 Å². The Bertz CT molecular complexity index is 443. The molecule has 0 fully saturated rings. The molecule has 3 heteroatoms. The molecule has 1 aromatic heterocycles. The van der Waals surface area contributed by atoms with Gasteiger partial charge in [0, 0.05) is 14.1 Å². The largest absolute Gasteiger partial charge is 0.386 e. The number of benzene rings is 1. The third kappa shape index (κ3) is 1.16. The summed E-state index contributed by atoms with van der Waals surface area (Å²) in [5.41, 5.74) is 4.55. The number of nitrogens with zero attached hydrogens (tertiary/aromatic N) is 2. The SMILES string of the molecule is CNc1cc(C)cc2c1ncn2C. The van der Waals surface area contributed by atoms with Crippen LogP contribution < -0.4 is 5.32 Å². The summed E-state index contributed by atoms with van der Waals surface area (Å²) in [7, 11) is 3.93. The van der Waals surface area contributed by atoms with E-state index in [2.05, 4.69) is 29.4 Å². The number of anilines is 1. The standard InChI is InChI=1S/C10H13N3/c1-7-4-8(11-2)10-9(5-7)13(3)6-12-10/h4-6,11H,1-3H3. The molecule has 0 aliphatic rings. The molecule has 68 valence electrons. The summed E-state index contributed by atoms with van der Waals surface area (Å²) in [6.45, 7) is 2.09. The monoisotopic (exact) mass is 175 g/mol. The highest BCUT2D eigenvalue weighted by Crippen LogP contribution is 2.22. The van der Waals surface area contributed by atoms with Crippen LogP contribution in [0.15, 0.2) is 18.5 Å². The number of imidazole rings is 1. The smallest absolute Gasteiger partial charge is 0.112 e. The molecule has 0 radical (unpaired) electrons. The van der Waals surface area contributed by atoms with Crippen LogP contribution in [0.5, 0.6) is 0 Å². The zero-order valence-electron chi connectivity index (χ0n) is 8.13. The quantitative estimate of drug-likeness (QED) is 0.717. The van der Waals surface area contributed by atoms with Crippen LogP contribution in [0.4, 0.5) is 5.69 Å². The van der Waals surface area contributed by atoms with Crippen LogP contribution in [0.2, 0.25) is 0 Å². The van der Waals surface area contributed by atoms with E-state index in [1.165, 1.54) is 11.1 Å². The van der Waals surface area contributed by atoms with E-state index in [-0.39, 0.29) is 0 Å². The molecule has 2 rings (SSSR count). The topological polar surface area (TPSA) is 29.9 Å². The van der Waals surface area contributed by atoms with Gasteiger partial charge in [0.15, 0.2) is 0 Å². The second-order valence-electron chi connectivity index (χ2n) is 3.29. The molecule has 2 aromatic rings. The van der Waals surface area contributed by atoms with E-state index in [1.54, 1.807) is 0 Å². The Morgan fingerprint density at radius 3 is 2.85 bits per heavy atom. The van der Waals surface area contributed by atoms with Crippen molar-refractivity contribution in [1.29, 1.82) is 0 Å². The Balaban J connectivity index is 2.84. The maximum absolute atomic E-state index is 4.33. The van der Waals surface area contributed by atoms with E-state index >= 15 is 0 Å². The van der Waals surface area contributed by atoms with E-state index in [1.807, 2.05) is 25.0 Å². The molecule has 0 amide bonds. The molecule has 0 saturated heterocycles. The van der Waals surface area contributed by atoms with Crippen molar-refractivity contribution in [3.05, 3.63) is 24.0 Å². The number of fused-ring (bicyclic) bond motifs is 1. The molecule has 0 spiro atoms. The van der Waals surface area contributed by atoms with Gasteiger partial charge >= 0.3 is 0 Å². The van der Waals surface area contributed by atoms with Gasteiger partial charge in [0.1, 0.15) is 5.52 Å². The maximum atomic E-state index is 4.33. The lowest BCUT2D eigenvalue weighted by Gasteiger charge is -2.03. The van der Waals surface area contributed by atoms with E-state index in [9.17, 15) is 0 Å². The Labute approximate surface area is 77.4 Å². The molecule has 1 N–H and O–H groups in total. The third-order valence-electron chi connectivity index (χ3n) is 2.24. The van der Waals surface area contributed by atoms with Gasteiger partial charge in [0.2, 0.25) is 0 Å². The van der Waals surface area contributed by atoms with Gasteiger partial charge in [-0.05, 0) is 24.6 Å². The second-order valence-corrected chi connectivity index (χ2v) is 3.29. The van der Waals surface area contributed by atoms with Crippen LogP contribution in [0, 0.1) is 6.92 Å². The summed E-state index contributed by atoms with van der Waals surface area (Å²) in [4.78, 5) is 4.33. The van der Waals surface area contributed by atoms with Gasteiger partial charge in [-0.15, -0.1) is 0 Å². The fourth-order valence-corrected chi connectivity index (χ4v) is 1.56. The first-order valence-electron chi connectivity index (χ1n) is 4.32. The highest BCUT2D eigenvalue weighted by Gasteiger charge is 2.04. The van der Waals surface area contributed by atoms with E-state index in [4.69, 9.17) is 0 Å². The number of aromatic nitrogens is 2. The number of rotatable bonds is 1. The fourth-order valence-electron chi connectivity index (χ4n) is 1.56. The van der Waals surface area contributed by atoms with Crippen molar-refractivity contribution in [2.75, 3.05) is 12.4 Å². The lowest BCUT2D eigenvalue weighted by Crippen LogP contribution is -1.91. The lowest BCUT2D eigenvalue weighted by molar-refractivity contribution is 0.947. The Kier molecular flexibility index (Phi) is 1.72. The normalized spacial score (nSPS) is 10.7. The Morgan fingerprint density at radius 1 is 1.38 bits per heavy atom. The van der Waals surface area contributed by atoms with Gasteiger partial charge in [-0.2, -0.15) is 0 Å². The van der Waals surface area contributed by atoms with Crippen molar-refractivity contribution in [1.82, 2.24) is 9.55 Å². The average molecular weight is 175 g/mol. The van der Waals surface area contributed by atoms with Gasteiger partial charge in [0.25, 0.3) is 0 Å². The molecule has 13 heavy (non-hydrogen) atoms. The van der Waals surface area contributed by atoms with E-state index < -0.39 is 0 Å². The molecule has 1 heterocycles. The fraction of sp³-hybridized carbons (Fsp3) is 0.300. The molecule has 3 nitrogen and oxygen atoms in total. The minimum absolute atomic E-state index is 1.04. The number of nitrogens with one attached hydrogen (secondary N) is 1. The van der Waals surface area contributed by atoms with Crippen molar-refractivity contribution >= 4 is 16.7 Å². The molecule has 0 saturated carbocycles. The zero-order chi connectivity index (χ0) is 9.42. The van der Waals surface area contributed by atoms with Crippen molar-refractivity contribution < 1.29 is 0 Å². The molecule has 1 aromatic carbocycles. The minimum atomic E-state index is 1.04. The number of aryl methyl sites for hydroxylation is 2. The van der Waals surface area contributed by atoms with Gasteiger partial charge in [-0.1, -0.05) is 0 Å². The molecule has 0 bridgehead atoms. The molecule has 0 aliphatic carbocycles. The van der Waals surface area contributed by atoms with Crippen molar-refractivity contribution in [3.8, 4) is 0 Å². The average Bonchev–Trinajstić information content (AvgIpc) is 2.47. The Morgan fingerprint density at radius 2 is 2.15 bits per heavy atom. The van der Waals surface area contributed by atoms with Gasteiger partial charge in [0.05, 0.1) is 17.5 Å². The van der Waals surface area contributed by atoms with Gasteiger partial charge in [-0.25, -0.2) is 4.98 Å². The number of hydrogen-bond donors (Lipinski definition) is 1.